The molecular formula is C29H59NO2P+. The van der Waals surface area contributed by atoms with Crippen LogP contribution in [-0.2, 0) is 4.57 Å². The van der Waals surface area contributed by atoms with Crippen LogP contribution in [0.25, 0.3) is 0 Å². The molecule has 0 radical (unpaired) electrons. The fourth-order valence-corrected chi connectivity index (χ4v) is 6.19. The third-order valence-corrected chi connectivity index (χ3v) is 9.67. The van der Waals surface area contributed by atoms with Crippen LogP contribution < -0.4 is 4.89 Å². The standard InChI is InChI=1S/C29H59NO2P/c1-6-9-10-11-12-13-14-15-16-17-18-19-20-21-22-23-24-25-26-27-28-29(7-2,33(31)32)30(4,5)8-3/h15-16H,6-14,17-28H2,1-5H3/q+1. The molecule has 0 heterocycles. The summed E-state index contributed by atoms with van der Waals surface area (Å²) in [6.07, 6.45) is 30.1. The van der Waals surface area contributed by atoms with Crippen molar-refractivity contribution in [2.24, 2.45) is 0 Å². The zero-order valence-electron chi connectivity index (χ0n) is 23.2. The van der Waals surface area contributed by atoms with Crippen molar-refractivity contribution in [2.75, 3.05) is 20.6 Å². The van der Waals surface area contributed by atoms with Crippen LogP contribution in [0.15, 0.2) is 12.2 Å². The molecule has 0 rings (SSSR count). The maximum Gasteiger partial charge on any atom is 0.376 e. The Morgan fingerprint density at radius 2 is 1.06 bits per heavy atom. The maximum atomic E-state index is 12.1. The average Bonchev–Trinajstić information content (AvgIpc) is 2.80. The highest BCUT2D eigenvalue weighted by Crippen LogP contribution is 2.45. The molecule has 0 N–H and O–H groups in total. The molecule has 0 saturated heterocycles. The van der Waals surface area contributed by atoms with Crippen LogP contribution in [0.1, 0.15) is 149 Å². The zero-order chi connectivity index (χ0) is 24.8. The lowest BCUT2D eigenvalue weighted by Gasteiger charge is -2.41. The molecule has 33 heavy (non-hydrogen) atoms. The van der Waals surface area contributed by atoms with E-state index in [0.29, 0.717) is 10.9 Å². The van der Waals surface area contributed by atoms with E-state index in [1.807, 2.05) is 6.92 Å². The minimum Gasteiger partial charge on any atom is -0.590 e. The highest BCUT2D eigenvalue weighted by Gasteiger charge is 2.54. The van der Waals surface area contributed by atoms with Crippen molar-refractivity contribution in [3.05, 3.63) is 12.2 Å². The van der Waals surface area contributed by atoms with E-state index in [4.69, 9.17) is 0 Å². The first kappa shape index (κ1) is 32.8. The third kappa shape index (κ3) is 14.7. The summed E-state index contributed by atoms with van der Waals surface area (Å²) < 4.78 is 12.7. The van der Waals surface area contributed by atoms with Crippen LogP contribution in [0, 0.1) is 0 Å². The SMILES string of the molecule is CCCCCCCCC=CCCCCCCCCCCCCC(CC)([P+](=O)[O-])[N+](C)(C)CC. The van der Waals surface area contributed by atoms with E-state index in [1.165, 1.54) is 109 Å². The van der Waals surface area contributed by atoms with Gasteiger partial charge in [0.15, 0.2) is 0 Å². The number of hydrogen-bond donors (Lipinski definition) is 0. The van der Waals surface area contributed by atoms with Gasteiger partial charge in [-0.3, -0.25) is 4.48 Å². The third-order valence-electron chi connectivity index (χ3n) is 7.91. The molecule has 2 atom stereocenters. The minimum absolute atomic E-state index is 0.580. The Morgan fingerprint density at radius 1 is 0.667 bits per heavy atom. The van der Waals surface area contributed by atoms with Gasteiger partial charge in [0.1, 0.15) is 0 Å². The number of unbranched alkanes of at least 4 members (excludes halogenated alkanes) is 16. The molecule has 0 fully saturated rings. The molecule has 0 aromatic heterocycles. The second kappa shape index (κ2) is 21.1. The first-order chi connectivity index (χ1) is 15.9. The lowest BCUT2D eigenvalue weighted by molar-refractivity contribution is -0.926. The van der Waals surface area contributed by atoms with Crippen molar-refractivity contribution in [3.63, 3.8) is 0 Å². The number of allylic oxidation sites excluding steroid dienone is 2. The van der Waals surface area contributed by atoms with E-state index in [1.54, 1.807) is 0 Å². The van der Waals surface area contributed by atoms with Crippen LogP contribution in [0.5, 0.6) is 0 Å². The Balaban J connectivity index is 3.59. The van der Waals surface area contributed by atoms with Gasteiger partial charge in [-0.15, -0.1) is 0 Å². The van der Waals surface area contributed by atoms with Crippen molar-refractivity contribution in [3.8, 4) is 0 Å². The van der Waals surface area contributed by atoms with Crippen LogP contribution >= 0.6 is 8.03 Å². The Morgan fingerprint density at radius 3 is 1.42 bits per heavy atom. The van der Waals surface area contributed by atoms with Crippen molar-refractivity contribution in [2.45, 2.75) is 154 Å². The molecular weight excluding hydrogens is 425 g/mol. The minimum atomic E-state index is -2.42. The molecule has 0 aliphatic rings. The second-order valence-corrected chi connectivity index (χ2v) is 12.0. The van der Waals surface area contributed by atoms with Crippen LogP contribution in [-0.4, -0.2) is 30.4 Å². The highest BCUT2D eigenvalue weighted by molar-refractivity contribution is 7.38. The number of rotatable bonds is 24. The lowest BCUT2D eigenvalue weighted by Crippen LogP contribution is -2.58. The normalized spacial score (nSPS) is 14.7. The van der Waals surface area contributed by atoms with Gasteiger partial charge in [-0.25, -0.2) is 0 Å². The average molecular weight is 485 g/mol. The van der Waals surface area contributed by atoms with E-state index in [2.05, 4.69) is 40.1 Å². The van der Waals surface area contributed by atoms with Crippen LogP contribution in [0.3, 0.4) is 0 Å². The molecule has 0 aliphatic carbocycles. The van der Waals surface area contributed by atoms with Crippen molar-refractivity contribution < 1.29 is 13.9 Å². The molecule has 0 amide bonds. The van der Waals surface area contributed by atoms with E-state index < -0.39 is 13.3 Å². The molecule has 0 bridgehead atoms. The molecule has 0 aromatic rings. The summed E-state index contributed by atoms with van der Waals surface area (Å²) in [4.78, 5) is 12.1. The van der Waals surface area contributed by atoms with Gasteiger partial charge in [-0.05, 0) is 39.0 Å². The maximum absolute atomic E-state index is 12.1. The van der Waals surface area contributed by atoms with Crippen molar-refractivity contribution >= 4 is 8.03 Å². The van der Waals surface area contributed by atoms with E-state index in [0.717, 1.165) is 19.4 Å². The first-order valence-corrected chi connectivity index (χ1v) is 15.7. The van der Waals surface area contributed by atoms with Gasteiger partial charge < -0.3 is 4.89 Å². The van der Waals surface area contributed by atoms with Gasteiger partial charge in [0.2, 0.25) is 0 Å². The molecule has 4 heteroatoms. The summed E-state index contributed by atoms with van der Waals surface area (Å²) in [7, 11) is 1.72. The van der Waals surface area contributed by atoms with E-state index in [-0.39, 0.29) is 0 Å². The summed E-state index contributed by atoms with van der Waals surface area (Å²) in [6.45, 7) is 7.26. The van der Waals surface area contributed by atoms with Gasteiger partial charge in [0.25, 0.3) is 5.28 Å². The van der Waals surface area contributed by atoms with Gasteiger partial charge in [-0.1, -0.05) is 114 Å². The molecule has 0 saturated carbocycles. The predicted molar refractivity (Wildman–Crippen MR) is 146 cm³/mol. The fraction of sp³-hybridized carbons (Fsp3) is 0.931. The van der Waals surface area contributed by atoms with Gasteiger partial charge in [0, 0.05) is 12.8 Å². The summed E-state index contributed by atoms with van der Waals surface area (Å²) in [5.41, 5.74) is 0. The lowest BCUT2D eigenvalue weighted by atomic mass is 10.00. The zero-order valence-corrected chi connectivity index (χ0v) is 24.1. The number of hydrogen-bond acceptors (Lipinski definition) is 2. The number of nitrogens with zero attached hydrogens (tertiary/aromatic N) is 1. The quantitative estimate of drug-likeness (QED) is 0.0592. The van der Waals surface area contributed by atoms with Crippen molar-refractivity contribution in [1.29, 1.82) is 0 Å². The smallest absolute Gasteiger partial charge is 0.376 e. The highest BCUT2D eigenvalue weighted by atomic mass is 31.1. The van der Waals surface area contributed by atoms with Crippen molar-refractivity contribution in [1.82, 2.24) is 0 Å². The molecule has 0 aromatic carbocycles. The number of quaternary nitrogens is 1. The van der Waals surface area contributed by atoms with Crippen LogP contribution in [0.4, 0.5) is 0 Å². The van der Waals surface area contributed by atoms with E-state index in [9.17, 15) is 9.46 Å². The molecule has 3 nitrogen and oxygen atoms in total. The Labute approximate surface area is 209 Å². The molecule has 2 unspecified atom stereocenters. The summed E-state index contributed by atoms with van der Waals surface area (Å²) in [5.74, 6) is 0. The largest absolute Gasteiger partial charge is 0.590 e. The Kier molecular flexibility index (Phi) is 20.9. The predicted octanol–water partition coefficient (Wildman–Crippen LogP) is 9.28. The Bertz CT molecular complexity index is 492. The summed E-state index contributed by atoms with van der Waals surface area (Å²) in [5, 5.41) is -0.590. The van der Waals surface area contributed by atoms with Gasteiger partial charge in [-0.2, -0.15) is 0 Å². The molecule has 0 aliphatic heterocycles. The first-order valence-electron chi connectivity index (χ1n) is 14.5. The summed E-state index contributed by atoms with van der Waals surface area (Å²) in [6, 6.07) is 0. The van der Waals surface area contributed by atoms with Crippen LogP contribution in [0.2, 0.25) is 0 Å². The topological polar surface area (TPSA) is 40.1 Å². The monoisotopic (exact) mass is 484 g/mol. The van der Waals surface area contributed by atoms with Gasteiger partial charge in [0.05, 0.1) is 20.6 Å². The van der Waals surface area contributed by atoms with E-state index >= 15 is 0 Å². The molecule has 196 valence electrons. The second-order valence-electron chi connectivity index (χ2n) is 10.7. The summed E-state index contributed by atoms with van der Waals surface area (Å²) >= 11 is 0. The molecule has 0 spiro atoms. The van der Waals surface area contributed by atoms with Gasteiger partial charge >= 0.3 is 8.03 Å². The fourth-order valence-electron chi connectivity index (χ4n) is 5.01. The Hall–Kier alpha value is -0.240.